The van der Waals surface area contributed by atoms with E-state index in [1.54, 1.807) is 6.08 Å². The van der Waals surface area contributed by atoms with E-state index in [1.807, 2.05) is 12.1 Å². The van der Waals surface area contributed by atoms with Crippen LogP contribution in [0.3, 0.4) is 0 Å². The van der Waals surface area contributed by atoms with Crippen LogP contribution in [0.5, 0.6) is 0 Å². The van der Waals surface area contributed by atoms with Crippen LogP contribution in [-0.4, -0.2) is 42.2 Å². The predicted molar refractivity (Wildman–Crippen MR) is 109 cm³/mol. The highest BCUT2D eigenvalue weighted by atomic mass is 16.3. The molecule has 1 atom stereocenters. The standard InChI is InChI=1S/C22H27N3O2/c23-22(27)10-9-17-5-7-18(8-6-17)16-25(13-14-26)12-11-19-15-24-21-4-2-1-3-20(19)21/h1-10,19,24,26H,11-16H2,(H2,23,27). The number of rotatable bonds is 9. The summed E-state index contributed by atoms with van der Waals surface area (Å²) in [4.78, 5) is 13.1. The van der Waals surface area contributed by atoms with E-state index >= 15 is 0 Å². The van der Waals surface area contributed by atoms with E-state index in [2.05, 4.69) is 46.6 Å². The van der Waals surface area contributed by atoms with E-state index in [0.29, 0.717) is 12.5 Å². The van der Waals surface area contributed by atoms with Crippen molar-refractivity contribution >= 4 is 17.7 Å². The Hall–Kier alpha value is -2.63. The Kier molecular flexibility index (Phi) is 6.63. The Balaban J connectivity index is 1.57. The number of hydrogen-bond donors (Lipinski definition) is 3. The Morgan fingerprint density at radius 1 is 1.19 bits per heavy atom. The Labute approximate surface area is 160 Å². The average molecular weight is 365 g/mol. The monoisotopic (exact) mass is 365 g/mol. The molecule has 0 aromatic heterocycles. The summed E-state index contributed by atoms with van der Waals surface area (Å²) >= 11 is 0. The van der Waals surface area contributed by atoms with Crippen LogP contribution in [0, 0.1) is 0 Å². The van der Waals surface area contributed by atoms with Crippen LogP contribution in [0.2, 0.25) is 0 Å². The molecule has 0 aliphatic carbocycles. The molecule has 5 nitrogen and oxygen atoms in total. The minimum absolute atomic E-state index is 0.152. The van der Waals surface area contributed by atoms with Gasteiger partial charge in [-0.3, -0.25) is 9.69 Å². The fraction of sp³-hybridized carbons (Fsp3) is 0.318. The largest absolute Gasteiger partial charge is 0.395 e. The third kappa shape index (κ3) is 5.42. The quantitative estimate of drug-likeness (QED) is 0.597. The van der Waals surface area contributed by atoms with E-state index in [0.717, 1.165) is 31.6 Å². The second kappa shape index (κ2) is 9.35. The van der Waals surface area contributed by atoms with Gasteiger partial charge in [0.05, 0.1) is 6.61 Å². The van der Waals surface area contributed by atoms with Gasteiger partial charge in [-0.25, -0.2) is 0 Å². The number of carbonyl (C=O) groups is 1. The summed E-state index contributed by atoms with van der Waals surface area (Å²) in [6, 6.07) is 16.6. The minimum atomic E-state index is -0.448. The first kappa shape index (κ1) is 19.1. The van der Waals surface area contributed by atoms with Crippen molar-refractivity contribution in [2.24, 2.45) is 5.73 Å². The molecule has 2 aromatic rings. The Bertz CT molecular complexity index is 786. The number of aliphatic hydroxyl groups excluding tert-OH is 1. The molecule has 0 saturated heterocycles. The van der Waals surface area contributed by atoms with Crippen molar-refractivity contribution in [3.8, 4) is 0 Å². The highest BCUT2D eigenvalue weighted by Gasteiger charge is 2.22. The Morgan fingerprint density at radius 2 is 1.96 bits per heavy atom. The second-order valence-corrected chi connectivity index (χ2v) is 6.93. The first-order valence-electron chi connectivity index (χ1n) is 9.38. The summed E-state index contributed by atoms with van der Waals surface area (Å²) in [5.41, 5.74) is 9.89. The van der Waals surface area contributed by atoms with Crippen LogP contribution in [0.15, 0.2) is 54.6 Å². The summed E-state index contributed by atoms with van der Waals surface area (Å²) in [6.07, 6.45) is 4.13. The highest BCUT2D eigenvalue weighted by Crippen LogP contribution is 2.33. The van der Waals surface area contributed by atoms with Crippen molar-refractivity contribution in [1.82, 2.24) is 4.90 Å². The number of nitrogens with one attached hydrogen (secondary N) is 1. The number of fused-ring (bicyclic) bond motifs is 1. The molecule has 3 rings (SSSR count). The number of primary amides is 1. The summed E-state index contributed by atoms with van der Waals surface area (Å²) in [5, 5.41) is 12.9. The topological polar surface area (TPSA) is 78.6 Å². The fourth-order valence-electron chi connectivity index (χ4n) is 3.54. The number of nitrogens with two attached hydrogens (primary N) is 1. The third-order valence-electron chi connectivity index (χ3n) is 4.98. The van der Waals surface area contributed by atoms with E-state index in [-0.39, 0.29) is 6.61 Å². The molecule has 1 aliphatic rings. The summed E-state index contributed by atoms with van der Waals surface area (Å²) in [5.74, 6) is 0.0693. The number of para-hydroxylation sites is 1. The predicted octanol–water partition coefficient (Wildman–Crippen LogP) is 2.58. The molecule has 1 unspecified atom stereocenters. The fourth-order valence-corrected chi connectivity index (χ4v) is 3.54. The van der Waals surface area contributed by atoms with E-state index in [4.69, 9.17) is 5.73 Å². The van der Waals surface area contributed by atoms with Gasteiger partial charge in [-0.1, -0.05) is 42.5 Å². The molecular weight excluding hydrogens is 338 g/mol. The molecule has 0 fully saturated rings. The molecule has 0 saturated carbocycles. The minimum Gasteiger partial charge on any atom is -0.395 e. The van der Waals surface area contributed by atoms with Crippen LogP contribution >= 0.6 is 0 Å². The Morgan fingerprint density at radius 3 is 2.70 bits per heavy atom. The molecule has 4 N–H and O–H groups in total. The number of benzene rings is 2. The van der Waals surface area contributed by atoms with Gasteiger partial charge in [0, 0.05) is 37.3 Å². The molecule has 1 amide bonds. The molecular formula is C22H27N3O2. The first-order chi connectivity index (χ1) is 13.2. The van der Waals surface area contributed by atoms with Gasteiger partial charge in [0.2, 0.25) is 5.91 Å². The molecule has 2 aromatic carbocycles. The summed E-state index contributed by atoms with van der Waals surface area (Å²) in [7, 11) is 0. The lowest BCUT2D eigenvalue weighted by molar-refractivity contribution is -0.113. The zero-order valence-electron chi connectivity index (χ0n) is 15.5. The molecule has 142 valence electrons. The van der Waals surface area contributed by atoms with E-state index in [9.17, 15) is 9.90 Å². The van der Waals surface area contributed by atoms with Gasteiger partial charge in [0.15, 0.2) is 0 Å². The first-order valence-corrected chi connectivity index (χ1v) is 9.38. The molecule has 27 heavy (non-hydrogen) atoms. The SMILES string of the molecule is NC(=O)C=Cc1ccc(CN(CCO)CCC2CNc3ccccc32)cc1. The zero-order chi connectivity index (χ0) is 19.1. The van der Waals surface area contributed by atoms with Gasteiger partial charge in [-0.05, 0) is 41.8 Å². The van der Waals surface area contributed by atoms with Gasteiger partial charge in [0.1, 0.15) is 0 Å². The summed E-state index contributed by atoms with van der Waals surface area (Å²) < 4.78 is 0. The van der Waals surface area contributed by atoms with Crippen molar-refractivity contribution < 1.29 is 9.90 Å². The third-order valence-corrected chi connectivity index (χ3v) is 4.98. The lowest BCUT2D eigenvalue weighted by Gasteiger charge is -2.23. The van der Waals surface area contributed by atoms with Crippen LogP contribution in [-0.2, 0) is 11.3 Å². The number of nitrogens with zero attached hydrogens (tertiary/aromatic N) is 1. The molecule has 0 bridgehead atoms. The number of amides is 1. The van der Waals surface area contributed by atoms with Gasteiger partial charge in [-0.2, -0.15) is 0 Å². The number of hydrogen-bond acceptors (Lipinski definition) is 4. The number of carbonyl (C=O) groups excluding carboxylic acids is 1. The molecule has 5 heteroatoms. The molecule has 1 aliphatic heterocycles. The second-order valence-electron chi connectivity index (χ2n) is 6.93. The lowest BCUT2D eigenvalue weighted by Crippen LogP contribution is -2.28. The molecule has 0 radical (unpaired) electrons. The van der Waals surface area contributed by atoms with Crippen LogP contribution in [0.4, 0.5) is 5.69 Å². The van der Waals surface area contributed by atoms with Crippen molar-refractivity contribution in [2.45, 2.75) is 18.9 Å². The van der Waals surface area contributed by atoms with Crippen LogP contribution in [0.25, 0.3) is 6.08 Å². The lowest BCUT2D eigenvalue weighted by atomic mass is 9.97. The maximum atomic E-state index is 10.8. The highest BCUT2D eigenvalue weighted by molar-refractivity contribution is 5.90. The summed E-state index contributed by atoms with van der Waals surface area (Å²) in [6.45, 7) is 3.52. The smallest absolute Gasteiger partial charge is 0.241 e. The maximum Gasteiger partial charge on any atom is 0.241 e. The van der Waals surface area contributed by atoms with Crippen molar-refractivity contribution in [2.75, 3.05) is 31.6 Å². The van der Waals surface area contributed by atoms with Crippen molar-refractivity contribution in [1.29, 1.82) is 0 Å². The van der Waals surface area contributed by atoms with Crippen LogP contribution < -0.4 is 11.1 Å². The number of aliphatic hydroxyl groups is 1. The van der Waals surface area contributed by atoms with Crippen molar-refractivity contribution in [3.63, 3.8) is 0 Å². The maximum absolute atomic E-state index is 10.8. The van der Waals surface area contributed by atoms with Gasteiger partial charge in [0.25, 0.3) is 0 Å². The van der Waals surface area contributed by atoms with Gasteiger partial charge in [-0.15, -0.1) is 0 Å². The van der Waals surface area contributed by atoms with Crippen molar-refractivity contribution in [3.05, 3.63) is 71.3 Å². The molecule has 0 spiro atoms. The van der Waals surface area contributed by atoms with Gasteiger partial charge < -0.3 is 16.2 Å². The normalized spacial score (nSPS) is 15.9. The average Bonchev–Trinajstić information content (AvgIpc) is 3.09. The van der Waals surface area contributed by atoms with Gasteiger partial charge >= 0.3 is 0 Å². The zero-order valence-corrected chi connectivity index (χ0v) is 15.5. The molecule has 1 heterocycles. The van der Waals surface area contributed by atoms with E-state index in [1.165, 1.54) is 22.9 Å². The van der Waals surface area contributed by atoms with E-state index < -0.39 is 5.91 Å². The number of anilines is 1. The van der Waals surface area contributed by atoms with Crippen LogP contribution in [0.1, 0.15) is 29.0 Å².